The second-order valence-corrected chi connectivity index (χ2v) is 12.5. The summed E-state index contributed by atoms with van der Waals surface area (Å²) >= 11 is 0. The third-order valence-corrected chi connectivity index (χ3v) is 9.20. The average Bonchev–Trinajstić information content (AvgIpc) is 3.26. The van der Waals surface area contributed by atoms with E-state index in [0.29, 0.717) is 24.2 Å². The van der Waals surface area contributed by atoms with Crippen molar-refractivity contribution in [2.75, 3.05) is 0 Å². The van der Waals surface area contributed by atoms with Gasteiger partial charge in [0.2, 0.25) is 0 Å². The maximum absolute atomic E-state index is 13.0. The number of aliphatic hydroxyl groups is 1. The molecule has 1 aliphatic heterocycles. The molecule has 8 nitrogen and oxygen atoms in total. The summed E-state index contributed by atoms with van der Waals surface area (Å²) in [6.07, 6.45) is 6.86. The molecule has 1 aromatic heterocycles. The van der Waals surface area contributed by atoms with Crippen molar-refractivity contribution in [2.24, 2.45) is 23.2 Å². The van der Waals surface area contributed by atoms with E-state index in [4.69, 9.17) is 9.31 Å². The van der Waals surface area contributed by atoms with Crippen LogP contribution in [0.3, 0.4) is 0 Å². The van der Waals surface area contributed by atoms with Crippen molar-refractivity contribution in [3.05, 3.63) is 60.2 Å². The van der Waals surface area contributed by atoms with Crippen LogP contribution in [0.25, 0.3) is 0 Å². The maximum Gasteiger partial charge on any atom is 0.475 e. The van der Waals surface area contributed by atoms with E-state index in [-0.39, 0.29) is 34.7 Å². The normalized spacial score (nSPS) is 29.8. The van der Waals surface area contributed by atoms with Gasteiger partial charge in [0, 0.05) is 18.3 Å². The Morgan fingerprint density at radius 3 is 2.61 bits per heavy atom. The molecule has 2 heterocycles. The van der Waals surface area contributed by atoms with Gasteiger partial charge in [0.25, 0.3) is 5.91 Å². The number of aliphatic hydroxyl groups excluding tert-OH is 1. The molecule has 4 fully saturated rings. The van der Waals surface area contributed by atoms with Crippen LogP contribution in [-0.2, 0) is 15.7 Å². The first-order valence-corrected chi connectivity index (χ1v) is 14.0. The number of carbonyl (C=O) groups is 1. The summed E-state index contributed by atoms with van der Waals surface area (Å²) in [5, 5.41) is 17.9. The van der Waals surface area contributed by atoms with Crippen LogP contribution >= 0.6 is 0 Å². The summed E-state index contributed by atoms with van der Waals surface area (Å²) in [5.41, 5.74) is 1.15. The highest BCUT2D eigenvalue weighted by molar-refractivity contribution is 6.47. The highest BCUT2D eigenvalue weighted by Gasteiger charge is 2.68. The van der Waals surface area contributed by atoms with Gasteiger partial charge in [0.1, 0.15) is 11.9 Å². The van der Waals surface area contributed by atoms with Crippen molar-refractivity contribution >= 4 is 13.0 Å². The highest BCUT2D eigenvalue weighted by Crippen LogP contribution is 2.65. The Bertz CT molecular complexity index is 1100. The minimum Gasteiger partial charge on any atom is -0.404 e. The molecule has 0 radical (unpaired) electrons. The first-order valence-electron chi connectivity index (χ1n) is 14.0. The summed E-state index contributed by atoms with van der Waals surface area (Å²) in [6.45, 7) is 11.2. The van der Waals surface area contributed by atoms with Gasteiger partial charge in [-0.2, -0.15) is 0 Å². The van der Waals surface area contributed by atoms with Gasteiger partial charge >= 0.3 is 7.12 Å². The molecule has 3 N–H and O–H groups in total. The van der Waals surface area contributed by atoms with Crippen molar-refractivity contribution in [1.29, 1.82) is 0 Å². The van der Waals surface area contributed by atoms with Crippen molar-refractivity contribution < 1.29 is 19.2 Å². The fourth-order valence-corrected chi connectivity index (χ4v) is 6.94. The second-order valence-electron chi connectivity index (χ2n) is 12.5. The van der Waals surface area contributed by atoms with E-state index in [1.807, 2.05) is 30.3 Å². The Labute approximate surface area is 226 Å². The zero-order valence-corrected chi connectivity index (χ0v) is 23.1. The van der Waals surface area contributed by atoms with E-state index in [2.05, 4.69) is 55.2 Å². The number of nitrogens with zero attached hydrogens (tertiary/aromatic N) is 2. The fraction of sp³-hybridized carbons (Fsp3) is 0.621. The van der Waals surface area contributed by atoms with E-state index < -0.39 is 19.4 Å². The lowest BCUT2D eigenvalue weighted by atomic mass is 9.43. The summed E-state index contributed by atoms with van der Waals surface area (Å²) in [6, 6.07) is 9.23. The molecular weight excluding hydrogens is 479 g/mol. The second kappa shape index (κ2) is 10.7. The van der Waals surface area contributed by atoms with Crippen LogP contribution in [0, 0.1) is 23.2 Å². The third-order valence-electron chi connectivity index (χ3n) is 9.20. The molecule has 3 saturated carbocycles. The highest BCUT2D eigenvalue weighted by atomic mass is 16.7. The molecule has 4 aliphatic rings. The number of aromatic nitrogens is 2. The van der Waals surface area contributed by atoms with Gasteiger partial charge in [-0.05, 0) is 61.3 Å². The number of rotatable bonds is 10. The van der Waals surface area contributed by atoms with E-state index >= 15 is 0 Å². The minimum atomic E-state index is -1.03. The molecule has 2 aromatic rings. The summed E-state index contributed by atoms with van der Waals surface area (Å²) in [4.78, 5) is 21.1. The van der Waals surface area contributed by atoms with Crippen LogP contribution in [0.5, 0.6) is 0 Å². The van der Waals surface area contributed by atoms with E-state index in [9.17, 15) is 9.90 Å². The van der Waals surface area contributed by atoms with Crippen LogP contribution in [0.1, 0.15) is 69.9 Å². The SMILES string of the molecule is CC(C)C[C@H](NC(O)[C@H](Cc1ccccc1)NC(=O)c1cnccn1)B1O[C@@H]2C[C@@H]3C[C@@H](C3(C)C)[C@]2(C)O1. The number of carbonyl (C=O) groups excluding carboxylic acids is 1. The average molecular weight is 520 g/mol. The van der Waals surface area contributed by atoms with E-state index in [0.717, 1.165) is 18.4 Å². The van der Waals surface area contributed by atoms with Crippen molar-refractivity contribution in [2.45, 2.75) is 90.2 Å². The Morgan fingerprint density at radius 2 is 1.95 bits per heavy atom. The van der Waals surface area contributed by atoms with Crippen LogP contribution in [0.2, 0.25) is 0 Å². The first-order chi connectivity index (χ1) is 18.1. The topological polar surface area (TPSA) is 106 Å². The molecule has 1 saturated heterocycles. The zero-order chi connectivity index (χ0) is 27.1. The molecule has 6 rings (SSSR count). The summed E-state index contributed by atoms with van der Waals surface area (Å²) in [7, 11) is -0.467. The molecule has 38 heavy (non-hydrogen) atoms. The van der Waals surface area contributed by atoms with Gasteiger partial charge in [-0.1, -0.05) is 58.0 Å². The Balaban J connectivity index is 1.33. The molecule has 9 heteroatoms. The molecule has 1 amide bonds. The van der Waals surface area contributed by atoms with Gasteiger partial charge in [-0.3, -0.25) is 15.1 Å². The number of hydrogen-bond acceptors (Lipinski definition) is 7. The smallest absolute Gasteiger partial charge is 0.404 e. The van der Waals surface area contributed by atoms with E-state index in [1.165, 1.54) is 25.0 Å². The zero-order valence-electron chi connectivity index (χ0n) is 23.1. The lowest BCUT2D eigenvalue weighted by molar-refractivity contribution is -0.199. The van der Waals surface area contributed by atoms with Crippen LogP contribution in [-0.4, -0.2) is 58.0 Å². The number of amides is 1. The number of benzene rings is 1. The number of hydrogen-bond donors (Lipinski definition) is 3. The predicted molar refractivity (Wildman–Crippen MR) is 146 cm³/mol. The van der Waals surface area contributed by atoms with Crippen molar-refractivity contribution in [3.63, 3.8) is 0 Å². The molecule has 0 spiro atoms. The van der Waals surface area contributed by atoms with Gasteiger partial charge in [-0.15, -0.1) is 0 Å². The molecule has 7 atom stereocenters. The molecule has 1 aromatic carbocycles. The molecule has 2 bridgehead atoms. The van der Waals surface area contributed by atoms with Gasteiger partial charge < -0.3 is 19.7 Å². The molecule has 204 valence electrons. The Morgan fingerprint density at radius 1 is 1.18 bits per heavy atom. The van der Waals surface area contributed by atoms with Crippen molar-refractivity contribution in [1.82, 2.24) is 20.6 Å². The first kappa shape index (κ1) is 27.2. The van der Waals surface area contributed by atoms with Gasteiger partial charge in [0.15, 0.2) is 0 Å². The van der Waals surface area contributed by atoms with Crippen LogP contribution in [0.15, 0.2) is 48.9 Å². The minimum absolute atomic E-state index is 0.0642. The molecule has 1 unspecified atom stereocenters. The van der Waals surface area contributed by atoms with Crippen LogP contribution < -0.4 is 10.6 Å². The lowest BCUT2D eigenvalue weighted by Gasteiger charge is -2.64. The third kappa shape index (κ3) is 5.26. The van der Waals surface area contributed by atoms with Crippen LogP contribution in [0.4, 0.5) is 0 Å². The van der Waals surface area contributed by atoms with E-state index in [1.54, 1.807) is 0 Å². The monoisotopic (exact) mass is 520 g/mol. The quantitative estimate of drug-likeness (QED) is 0.326. The maximum atomic E-state index is 13.0. The molecule has 3 aliphatic carbocycles. The largest absolute Gasteiger partial charge is 0.475 e. The fourth-order valence-electron chi connectivity index (χ4n) is 6.94. The standard InChI is InChI=1S/C29H41BN4O4/c1-18(2)13-25(30-37-24-16-20-15-23(28(20,3)4)29(24,5)38-30)34-26(35)21(14-19-9-7-6-8-10-19)33-27(36)22-17-31-11-12-32-22/h6-12,17-18,20-21,23-26,34-35H,13-16H2,1-5H3,(H,33,36)/t20-,21-,23-,24+,25-,26?,29-/m0/s1. The van der Waals surface area contributed by atoms with Gasteiger partial charge in [-0.25, -0.2) is 4.98 Å². The Kier molecular flexibility index (Phi) is 7.66. The number of nitrogens with one attached hydrogen (secondary N) is 2. The lowest BCUT2D eigenvalue weighted by Crippen LogP contribution is -2.65. The van der Waals surface area contributed by atoms with Gasteiger partial charge in [0.05, 0.1) is 23.9 Å². The summed E-state index contributed by atoms with van der Waals surface area (Å²) < 4.78 is 13.3. The Hall–Kier alpha value is -2.33. The predicted octanol–water partition coefficient (Wildman–Crippen LogP) is 3.41. The summed E-state index contributed by atoms with van der Waals surface area (Å²) in [5.74, 6) is 0.870. The molecular formula is C29H41BN4O4. The van der Waals surface area contributed by atoms with Crippen molar-refractivity contribution in [3.8, 4) is 0 Å².